The van der Waals surface area contributed by atoms with Gasteiger partial charge in [-0.05, 0) is 48.2 Å². The first-order chi connectivity index (χ1) is 6.56. The Morgan fingerprint density at radius 2 is 2.14 bits per heavy atom. The molecule has 1 amide bonds. The number of aryl methyl sites for hydroxylation is 2. The van der Waals surface area contributed by atoms with Crippen molar-refractivity contribution in [3.05, 3.63) is 29.3 Å². The zero-order valence-electron chi connectivity index (χ0n) is 8.67. The summed E-state index contributed by atoms with van der Waals surface area (Å²) < 4.78 is 0. The van der Waals surface area contributed by atoms with Crippen LogP contribution in [0, 0.1) is 6.92 Å². The summed E-state index contributed by atoms with van der Waals surface area (Å²) in [7, 11) is 1.66. The highest BCUT2D eigenvalue weighted by molar-refractivity contribution is 6.66. The van der Waals surface area contributed by atoms with Gasteiger partial charge < -0.3 is 4.90 Å². The number of amides is 1. The molecule has 1 aromatic rings. The van der Waals surface area contributed by atoms with Crippen LogP contribution in [0.3, 0.4) is 0 Å². The molecule has 1 aromatic carbocycles. The first kappa shape index (κ1) is 11.1. The Morgan fingerprint density at radius 3 is 2.57 bits per heavy atom. The molecular formula is C11H14ClNO. The second-order valence-corrected chi connectivity index (χ2v) is 3.60. The lowest BCUT2D eigenvalue weighted by molar-refractivity contribution is 0.265. The van der Waals surface area contributed by atoms with Gasteiger partial charge in [0.15, 0.2) is 0 Å². The van der Waals surface area contributed by atoms with Gasteiger partial charge in [0, 0.05) is 12.7 Å². The van der Waals surface area contributed by atoms with E-state index in [0.717, 1.165) is 12.1 Å². The number of hydrogen-bond acceptors (Lipinski definition) is 1. The van der Waals surface area contributed by atoms with Crippen molar-refractivity contribution in [1.29, 1.82) is 0 Å². The van der Waals surface area contributed by atoms with Crippen LogP contribution in [0.2, 0.25) is 0 Å². The zero-order valence-corrected chi connectivity index (χ0v) is 9.43. The summed E-state index contributed by atoms with van der Waals surface area (Å²) in [5.41, 5.74) is 3.32. The molecule has 2 nitrogen and oxygen atoms in total. The zero-order chi connectivity index (χ0) is 10.7. The van der Waals surface area contributed by atoms with E-state index in [9.17, 15) is 4.79 Å². The van der Waals surface area contributed by atoms with Crippen LogP contribution < -0.4 is 4.90 Å². The van der Waals surface area contributed by atoms with Gasteiger partial charge in [-0.25, -0.2) is 0 Å². The molecule has 3 heteroatoms. The maximum absolute atomic E-state index is 10.9. The van der Waals surface area contributed by atoms with Gasteiger partial charge in [0.05, 0.1) is 0 Å². The highest BCUT2D eigenvalue weighted by Crippen LogP contribution is 2.19. The number of rotatable bonds is 2. The Labute approximate surface area is 89.5 Å². The van der Waals surface area contributed by atoms with E-state index in [0.29, 0.717) is 0 Å². The van der Waals surface area contributed by atoms with Crippen molar-refractivity contribution in [3.63, 3.8) is 0 Å². The van der Waals surface area contributed by atoms with Crippen LogP contribution in [0.5, 0.6) is 0 Å². The largest absolute Gasteiger partial charge is 0.320 e. The summed E-state index contributed by atoms with van der Waals surface area (Å²) in [4.78, 5) is 12.3. The smallest absolute Gasteiger partial charge is 0.302 e. The predicted molar refractivity (Wildman–Crippen MR) is 60.2 cm³/mol. The molecule has 0 saturated carbocycles. The molecule has 14 heavy (non-hydrogen) atoms. The third kappa shape index (κ3) is 2.26. The monoisotopic (exact) mass is 211 g/mol. The van der Waals surface area contributed by atoms with Crippen LogP contribution in [0.15, 0.2) is 18.2 Å². The third-order valence-corrected chi connectivity index (χ3v) is 2.61. The molecule has 1 rings (SSSR count). The van der Waals surface area contributed by atoms with Crippen molar-refractivity contribution in [3.8, 4) is 0 Å². The van der Waals surface area contributed by atoms with E-state index in [2.05, 4.69) is 6.92 Å². The van der Waals surface area contributed by atoms with E-state index >= 15 is 0 Å². The fourth-order valence-electron chi connectivity index (χ4n) is 1.39. The summed E-state index contributed by atoms with van der Waals surface area (Å²) in [6.07, 6.45) is 1.00. The Bertz CT molecular complexity index is 349. The van der Waals surface area contributed by atoms with Crippen molar-refractivity contribution in [2.45, 2.75) is 20.3 Å². The lowest BCUT2D eigenvalue weighted by Gasteiger charge is -2.15. The van der Waals surface area contributed by atoms with E-state index in [-0.39, 0.29) is 0 Å². The predicted octanol–water partition coefficient (Wildman–Crippen LogP) is 3.35. The van der Waals surface area contributed by atoms with Gasteiger partial charge in [0.1, 0.15) is 0 Å². The maximum atomic E-state index is 10.9. The van der Waals surface area contributed by atoms with Crippen molar-refractivity contribution >= 4 is 22.7 Å². The molecule has 0 aromatic heterocycles. The van der Waals surface area contributed by atoms with E-state index in [1.54, 1.807) is 7.05 Å². The molecule has 0 unspecified atom stereocenters. The van der Waals surface area contributed by atoms with Crippen LogP contribution in [-0.4, -0.2) is 12.4 Å². The molecule has 0 aliphatic carbocycles. The summed E-state index contributed by atoms with van der Waals surface area (Å²) in [5.74, 6) is 0. The van der Waals surface area contributed by atoms with Gasteiger partial charge in [-0.15, -0.1) is 0 Å². The van der Waals surface area contributed by atoms with E-state index in [1.165, 1.54) is 16.0 Å². The molecule has 0 saturated heterocycles. The van der Waals surface area contributed by atoms with E-state index in [1.807, 2.05) is 25.1 Å². The van der Waals surface area contributed by atoms with Gasteiger partial charge in [-0.2, -0.15) is 0 Å². The summed E-state index contributed by atoms with van der Waals surface area (Å²) in [6.45, 7) is 4.15. The molecular weight excluding hydrogens is 198 g/mol. The molecule has 0 atom stereocenters. The van der Waals surface area contributed by atoms with E-state index in [4.69, 9.17) is 11.6 Å². The van der Waals surface area contributed by atoms with Crippen LogP contribution in [-0.2, 0) is 6.42 Å². The fraction of sp³-hybridized carbons (Fsp3) is 0.364. The van der Waals surface area contributed by atoms with Crippen molar-refractivity contribution in [2.75, 3.05) is 11.9 Å². The number of carbonyl (C=O) groups is 1. The molecule has 0 aliphatic rings. The molecule has 0 spiro atoms. The first-order valence-electron chi connectivity index (χ1n) is 4.59. The number of carbonyl (C=O) groups excluding carboxylic acids is 1. The second kappa shape index (κ2) is 4.47. The minimum absolute atomic E-state index is 0.464. The lowest BCUT2D eigenvalue weighted by atomic mass is 10.1. The number of hydrogen-bond donors (Lipinski definition) is 0. The second-order valence-electron chi connectivity index (χ2n) is 3.28. The van der Waals surface area contributed by atoms with Crippen molar-refractivity contribution in [1.82, 2.24) is 0 Å². The summed E-state index contributed by atoms with van der Waals surface area (Å²) in [5, 5.41) is -0.464. The number of benzene rings is 1. The molecule has 0 N–H and O–H groups in total. The average Bonchev–Trinajstić information content (AvgIpc) is 2.16. The Morgan fingerprint density at radius 1 is 1.50 bits per heavy atom. The minimum Gasteiger partial charge on any atom is -0.302 e. The van der Waals surface area contributed by atoms with Crippen LogP contribution in [0.25, 0.3) is 0 Å². The normalized spacial score (nSPS) is 10.0. The lowest BCUT2D eigenvalue weighted by Crippen LogP contribution is -2.19. The van der Waals surface area contributed by atoms with Crippen LogP contribution in [0.1, 0.15) is 18.1 Å². The SMILES string of the molecule is CCc1ccc(N(C)C(=O)Cl)cc1C. The summed E-state index contributed by atoms with van der Waals surface area (Å²) >= 11 is 5.38. The molecule has 0 aliphatic heterocycles. The number of halogens is 1. The van der Waals surface area contributed by atoms with Gasteiger partial charge in [0.2, 0.25) is 0 Å². The molecule has 0 heterocycles. The summed E-state index contributed by atoms with van der Waals surface area (Å²) in [6, 6.07) is 5.91. The maximum Gasteiger partial charge on any atom is 0.320 e. The van der Waals surface area contributed by atoms with Gasteiger partial charge in [-0.1, -0.05) is 13.0 Å². The molecule has 76 valence electrons. The average molecular weight is 212 g/mol. The first-order valence-corrected chi connectivity index (χ1v) is 4.96. The van der Waals surface area contributed by atoms with E-state index < -0.39 is 5.37 Å². The van der Waals surface area contributed by atoms with Gasteiger partial charge in [0.25, 0.3) is 0 Å². The molecule has 0 bridgehead atoms. The molecule has 0 fully saturated rings. The topological polar surface area (TPSA) is 20.3 Å². The van der Waals surface area contributed by atoms with Gasteiger partial charge >= 0.3 is 5.37 Å². The van der Waals surface area contributed by atoms with Gasteiger partial charge in [-0.3, -0.25) is 4.79 Å². The van der Waals surface area contributed by atoms with Crippen LogP contribution in [0.4, 0.5) is 10.5 Å². The highest BCUT2D eigenvalue weighted by Gasteiger charge is 2.08. The Hall–Kier alpha value is -1.02. The quantitative estimate of drug-likeness (QED) is 0.543. The Kier molecular flexibility index (Phi) is 3.53. The number of nitrogens with zero attached hydrogens (tertiary/aromatic N) is 1. The fourth-order valence-corrected chi connectivity index (χ4v) is 1.48. The van der Waals surface area contributed by atoms with Crippen LogP contribution >= 0.6 is 11.6 Å². The van der Waals surface area contributed by atoms with Crippen molar-refractivity contribution < 1.29 is 4.79 Å². The standard InChI is InChI=1S/C11H14ClNO/c1-4-9-5-6-10(7-8(9)2)13(3)11(12)14/h5-7H,4H2,1-3H3. The molecule has 0 radical (unpaired) electrons. The highest BCUT2D eigenvalue weighted by atomic mass is 35.5. The number of anilines is 1. The minimum atomic E-state index is -0.464. The third-order valence-electron chi connectivity index (χ3n) is 2.36. The van der Waals surface area contributed by atoms with Crippen molar-refractivity contribution in [2.24, 2.45) is 0 Å². The Balaban J connectivity index is 3.02.